The van der Waals surface area contributed by atoms with Crippen molar-refractivity contribution in [2.45, 2.75) is 25.6 Å². The van der Waals surface area contributed by atoms with Gasteiger partial charge < -0.3 is 25.0 Å². The number of hydrogen-bond acceptors (Lipinski definition) is 4. The molecule has 1 saturated heterocycles. The van der Waals surface area contributed by atoms with E-state index < -0.39 is 17.8 Å². The molecule has 0 aliphatic carbocycles. The Morgan fingerprint density at radius 3 is 2.61 bits per heavy atom. The highest BCUT2D eigenvalue weighted by Crippen LogP contribution is 2.35. The summed E-state index contributed by atoms with van der Waals surface area (Å²) in [5, 5.41) is 5.39. The average molecular weight is 437 g/mol. The fourth-order valence-corrected chi connectivity index (χ4v) is 3.48. The van der Waals surface area contributed by atoms with Gasteiger partial charge in [0.25, 0.3) is 0 Å². The highest BCUT2D eigenvalue weighted by molar-refractivity contribution is 5.93. The fourth-order valence-electron chi connectivity index (χ4n) is 3.48. The number of methoxy groups -OCH3 is 1. The summed E-state index contributed by atoms with van der Waals surface area (Å²) < 4.78 is 50.2. The standard InChI is InChI=1S/C22H26F3N3O3/c1-15(12-16-4-3-5-18(13-16)30-2)26-21(29)27-19-14-17(22(23,24)25)6-7-20(19)28-8-10-31-11-9-28/h3-7,13-15H,8-12H2,1-2H3,(H2,26,27,29). The number of anilines is 2. The third-order valence-electron chi connectivity index (χ3n) is 4.98. The second kappa shape index (κ2) is 9.91. The number of nitrogens with one attached hydrogen (secondary N) is 2. The first-order valence-electron chi connectivity index (χ1n) is 10.0. The monoisotopic (exact) mass is 437 g/mol. The SMILES string of the molecule is COc1cccc(CC(C)NC(=O)Nc2cc(C(F)(F)F)ccc2N2CCOCC2)c1. The second-order valence-electron chi connectivity index (χ2n) is 7.38. The van der Waals surface area contributed by atoms with E-state index in [9.17, 15) is 18.0 Å². The molecule has 2 N–H and O–H groups in total. The minimum absolute atomic E-state index is 0.114. The van der Waals surface area contributed by atoms with E-state index in [2.05, 4.69) is 10.6 Å². The largest absolute Gasteiger partial charge is 0.497 e. The van der Waals surface area contributed by atoms with Crippen molar-refractivity contribution in [3.05, 3.63) is 53.6 Å². The number of morpholine rings is 1. The Morgan fingerprint density at radius 1 is 1.19 bits per heavy atom. The zero-order chi connectivity index (χ0) is 22.4. The highest BCUT2D eigenvalue weighted by Gasteiger charge is 2.32. The number of ether oxygens (including phenoxy) is 2. The molecule has 9 heteroatoms. The zero-order valence-corrected chi connectivity index (χ0v) is 17.5. The van der Waals surface area contributed by atoms with Crippen LogP contribution in [-0.4, -0.2) is 45.5 Å². The molecule has 2 amide bonds. The van der Waals surface area contributed by atoms with Gasteiger partial charge in [-0.1, -0.05) is 12.1 Å². The van der Waals surface area contributed by atoms with Crippen LogP contribution in [0.2, 0.25) is 0 Å². The van der Waals surface area contributed by atoms with E-state index in [0.29, 0.717) is 44.2 Å². The van der Waals surface area contributed by atoms with Crippen LogP contribution in [0.4, 0.5) is 29.3 Å². The topological polar surface area (TPSA) is 62.8 Å². The number of nitrogens with zero attached hydrogens (tertiary/aromatic N) is 1. The highest BCUT2D eigenvalue weighted by atomic mass is 19.4. The number of carbonyl (C=O) groups is 1. The molecule has 0 radical (unpaired) electrons. The van der Waals surface area contributed by atoms with Crippen LogP contribution in [0.3, 0.4) is 0 Å². The zero-order valence-electron chi connectivity index (χ0n) is 17.5. The van der Waals surface area contributed by atoms with Crippen molar-refractivity contribution in [3.63, 3.8) is 0 Å². The van der Waals surface area contributed by atoms with Gasteiger partial charge in [0.05, 0.1) is 37.3 Å². The van der Waals surface area contributed by atoms with Crippen LogP contribution in [-0.2, 0) is 17.3 Å². The third-order valence-corrected chi connectivity index (χ3v) is 4.98. The number of amides is 2. The van der Waals surface area contributed by atoms with E-state index in [0.717, 1.165) is 17.7 Å². The quantitative estimate of drug-likeness (QED) is 0.707. The molecule has 1 unspecified atom stereocenters. The van der Waals surface area contributed by atoms with Gasteiger partial charge in [0, 0.05) is 19.1 Å². The first-order valence-corrected chi connectivity index (χ1v) is 10.0. The van der Waals surface area contributed by atoms with Gasteiger partial charge in [0.1, 0.15) is 5.75 Å². The van der Waals surface area contributed by atoms with Crippen LogP contribution in [0.25, 0.3) is 0 Å². The number of hydrogen-bond donors (Lipinski definition) is 2. The maximum Gasteiger partial charge on any atom is 0.416 e. The van der Waals surface area contributed by atoms with Gasteiger partial charge in [-0.25, -0.2) is 4.79 Å². The van der Waals surface area contributed by atoms with E-state index in [1.165, 1.54) is 6.07 Å². The van der Waals surface area contributed by atoms with Gasteiger partial charge in [0.15, 0.2) is 0 Å². The van der Waals surface area contributed by atoms with Gasteiger partial charge in [-0.05, 0) is 49.2 Å². The normalized spacial score (nSPS) is 15.3. The summed E-state index contributed by atoms with van der Waals surface area (Å²) in [6.07, 6.45) is -3.96. The molecule has 31 heavy (non-hydrogen) atoms. The van der Waals surface area contributed by atoms with Crippen molar-refractivity contribution >= 4 is 17.4 Å². The summed E-state index contributed by atoms with van der Waals surface area (Å²) in [5.41, 5.74) is 0.805. The van der Waals surface area contributed by atoms with Crippen molar-refractivity contribution in [3.8, 4) is 5.75 Å². The summed E-state index contributed by atoms with van der Waals surface area (Å²) in [7, 11) is 1.58. The molecule has 2 aromatic rings. The van der Waals surface area contributed by atoms with Crippen LogP contribution in [0, 0.1) is 0 Å². The molecule has 6 nitrogen and oxygen atoms in total. The second-order valence-corrected chi connectivity index (χ2v) is 7.38. The van der Waals surface area contributed by atoms with E-state index >= 15 is 0 Å². The summed E-state index contributed by atoms with van der Waals surface area (Å²) in [6.45, 7) is 3.85. The Balaban J connectivity index is 1.72. The molecular formula is C22H26F3N3O3. The predicted molar refractivity (Wildman–Crippen MR) is 113 cm³/mol. The van der Waals surface area contributed by atoms with Crippen LogP contribution in [0.5, 0.6) is 5.75 Å². The van der Waals surface area contributed by atoms with E-state index in [1.54, 1.807) is 7.11 Å². The van der Waals surface area contributed by atoms with Crippen molar-refractivity contribution in [1.29, 1.82) is 0 Å². The lowest BCUT2D eigenvalue weighted by Gasteiger charge is -2.31. The Labute approximate surface area is 179 Å². The molecule has 1 aliphatic heterocycles. The van der Waals surface area contributed by atoms with Crippen molar-refractivity contribution in [2.75, 3.05) is 43.6 Å². The summed E-state index contributed by atoms with van der Waals surface area (Å²) in [5.74, 6) is 0.716. The average Bonchev–Trinajstić information content (AvgIpc) is 2.73. The fraction of sp³-hybridized carbons (Fsp3) is 0.409. The van der Waals surface area contributed by atoms with Crippen LogP contribution in [0.1, 0.15) is 18.1 Å². The first kappa shape index (κ1) is 22.7. The lowest BCUT2D eigenvalue weighted by atomic mass is 10.1. The Morgan fingerprint density at radius 2 is 1.94 bits per heavy atom. The maximum absolute atomic E-state index is 13.2. The molecule has 1 aliphatic rings. The van der Waals surface area contributed by atoms with Gasteiger partial charge in [-0.15, -0.1) is 0 Å². The van der Waals surface area contributed by atoms with Crippen LogP contribution < -0.4 is 20.3 Å². The van der Waals surface area contributed by atoms with Crippen molar-refractivity contribution in [1.82, 2.24) is 5.32 Å². The minimum Gasteiger partial charge on any atom is -0.497 e. The third kappa shape index (κ3) is 6.27. The number of benzene rings is 2. The number of rotatable bonds is 6. The molecule has 3 rings (SSSR count). The lowest BCUT2D eigenvalue weighted by Crippen LogP contribution is -2.39. The van der Waals surface area contributed by atoms with Crippen molar-refractivity contribution < 1.29 is 27.4 Å². The van der Waals surface area contributed by atoms with Crippen LogP contribution in [0.15, 0.2) is 42.5 Å². The summed E-state index contributed by atoms with van der Waals surface area (Å²) >= 11 is 0. The van der Waals surface area contributed by atoms with Crippen molar-refractivity contribution in [2.24, 2.45) is 0 Å². The number of urea groups is 1. The molecule has 0 saturated carbocycles. The Kier molecular flexibility index (Phi) is 7.27. The summed E-state index contributed by atoms with van der Waals surface area (Å²) in [6, 6.07) is 10.1. The van der Waals surface area contributed by atoms with E-state index in [-0.39, 0.29) is 11.7 Å². The number of carbonyl (C=O) groups excluding carboxylic acids is 1. The molecule has 0 spiro atoms. The predicted octanol–water partition coefficient (Wildman–Crippen LogP) is 4.30. The molecule has 0 aromatic heterocycles. The number of halogens is 3. The lowest BCUT2D eigenvalue weighted by molar-refractivity contribution is -0.137. The van der Waals surface area contributed by atoms with Gasteiger partial charge in [-0.2, -0.15) is 13.2 Å². The van der Waals surface area contributed by atoms with Gasteiger partial charge in [0.2, 0.25) is 0 Å². The first-order chi connectivity index (χ1) is 14.8. The molecule has 1 fully saturated rings. The maximum atomic E-state index is 13.2. The molecule has 1 atom stereocenters. The Hall–Kier alpha value is -2.94. The molecule has 2 aromatic carbocycles. The van der Waals surface area contributed by atoms with Crippen LogP contribution >= 0.6 is 0 Å². The van der Waals surface area contributed by atoms with Gasteiger partial charge >= 0.3 is 12.2 Å². The molecular weight excluding hydrogens is 411 g/mol. The molecule has 0 bridgehead atoms. The smallest absolute Gasteiger partial charge is 0.416 e. The number of alkyl halides is 3. The molecule has 168 valence electrons. The van der Waals surface area contributed by atoms with E-state index in [4.69, 9.17) is 9.47 Å². The minimum atomic E-state index is -4.50. The molecule has 1 heterocycles. The van der Waals surface area contributed by atoms with Gasteiger partial charge in [-0.3, -0.25) is 0 Å². The van der Waals surface area contributed by atoms with E-state index in [1.807, 2.05) is 36.1 Å². The summed E-state index contributed by atoms with van der Waals surface area (Å²) in [4.78, 5) is 14.5. The Bertz CT molecular complexity index is 899.